The number of nitrogens with one attached hydrogen (secondary N) is 5. The molecule has 0 aromatic heterocycles. The minimum absolute atomic E-state index is 0.0410. The smallest absolute Gasteiger partial charge is 0.410 e. The van der Waals surface area contributed by atoms with Gasteiger partial charge in [-0.15, -0.1) is 0 Å². The first-order valence-electron chi connectivity index (χ1n) is 18.8. The van der Waals surface area contributed by atoms with Crippen molar-refractivity contribution in [1.29, 1.82) is 0 Å². The second-order valence-corrected chi connectivity index (χ2v) is 15.1. The molecule has 56 heavy (non-hydrogen) atoms. The summed E-state index contributed by atoms with van der Waals surface area (Å²) in [6.07, 6.45) is 1.31. The van der Waals surface area contributed by atoms with E-state index in [4.69, 9.17) is 14.2 Å². The Hall–Kier alpha value is -5.45. The minimum atomic E-state index is -1.10. The first-order chi connectivity index (χ1) is 26.4. The molecule has 1 unspecified atom stereocenters. The highest BCUT2D eigenvalue weighted by molar-refractivity contribution is 5.94. The highest BCUT2D eigenvalue weighted by Crippen LogP contribution is 2.37. The fourth-order valence-corrected chi connectivity index (χ4v) is 6.11. The van der Waals surface area contributed by atoms with Gasteiger partial charge in [-0.1, -0.05) is 44.2 Å². The third kappa shape index (κ3) is 13.7. The van der Waals surface area contributed by atoms with Gasteiger partial charge in [-0.25, -0.2) is 10.2 Å². The summed E-state index contributed by atoms with van der Waals surface area (Å²) < 4.78 is 16.7. The standard InChI is InChI=1S/C39H57N7O10/c1-24(2)20-28(36(49)44-43-25(3)27-22-32(54-8)33(23-31(27)46(52)53)55-19-13-17-34(47)40-7)41-35(48)29(21-26-14-10-9-11-15-26)42-37(50)30-16-12-18-45(30)38(51)56-39(4,5)6/h9-11,14-15,22-25,28-30,43H,12-13,16-21H2,1-8H3,(H,40,47)(H,41,48)(H,42,50)(H,44,49)/t25?,28-,29-,30-/m0/s1. The predicted octanol–water partition coefficient (Wildman–Crippen LogP) is 3.85. The van der Waals surface area contributed by atoms with Crippen molar-refractivity contribution < 1.29 is 43.1 Å². The van der Waals surface area contributed by atoms with Crippen LogP contribution in [-0.4, -0.2) is 90.6 Å². The largest absolute Gasteiger partial charge is 0.493 e. The average Bonchev–Trinajstić information content (AvgIpc) is 3.65. The summed E-state index contributed by atoms with van der Waals surface area (Å²) in [5.41, 5.74) is 5.32. The summed E-state index contributed by atoms with van der Waals surface area (Å²) in [7, 11) is 2.91. The molecule has 1 aliphatic rings. The van der Waals surface area contributed by atoms with Gasteiger partial charge in [-0.2, -0.15) is 0 Å². The van der Waals surface area contributed by atoms with Crippen molar-refractivity contribution in [2.75, 3.05) is 27.3 Å². The zero-order chi connectivity index (χ0) is 41.6. The van der Waals surface area contributed by atoms with Crippen LogP contribution in [0.15, 0.2) is 42.5 Å². The molecule has 1 heterocycles. The Kier molecular flexibility index (Phi) is 16.9. The topological polar surface area (TPSA) is 220 Å². The normalized spacial score (nSPS) is 15.6. The van der Waals surface area contributed by atoms with Gasteiger partial charge < -0.3 is 30.2 Å². The van der Waals surface area contributed by atoms with E-state index in [-0.39, 0.29) is 60.4 Å². The molecule has 4 atom stereocenters. The van der Waals surface area contributed by atoms with Crippen LogP contribution in [0, 0.1) is 16.0 Å². The summed E-state index contributed by atoms with van der Waals surface area (Å²) in [5.74, 6) is -1.59. The highest BCUT2D eigenvalue weighted by Gasteiger charge is 2.38. The van der Waals surface area contributed by atoms with Crippen molar-refractivity contribution in [3.05, 3.63) is 63.7 Å². The second-order valence-electron chi connectivity index (χ2n) is 15.1. The molecule has 17 heteroatoms. The van der Waals surface area contributed by atoms with Crippen LogP contribution in [0.5, 0.6) is 11.5 Å². The van der Waals surface area contributed by atoms with Gasteiger partial charge >= 0.3 is 6.09 Å². The molecule has 2 aromatic rings. The lowest BCUT2D eigenvalue weighted by Crippen LogP contribution is -2.58. The quantitative estimate of drug-likeness (QED) is 0.0783. The molecule has 17 nitrogen and oxygen atoms in total. The molecule has 1 fully saturated rings. The van der Waals surface area contributed by atoms with Crippen LogP contribution in [0.2, 0.25) is 0 Å². The highest BCUT2D eigenvalue weighted by atomic mass is 16.6. The summed E-state index contributed by atoms with van der Waals surface area (Å²) in [6.45, 7) is 11.1. The number of hydrogen-bond acceptors (Lipinski definition) is 11. The van der Waals surface area contributed by atoms with Crippen molar-refractivity contribution in [3.63, 3.8) is 0 Å². The molecule has 0 radical (unpaired) electrons. The number of hydrogen-bond donors (Lipinski definition) is 5. The monoisotopic (exact) mass is 783 g/mol. The van der Waals surface area contributed by atoms with E-state index >= 15 is 0 Å². The number of benzene rings is 2. The Morgan fingerprint density at radius 2 is 1.68 bits per heavy atom. The van der Waals surface area contributed by atoms with Crippen molar-refractivity contribution >= 4 is 35.4 Å². The van der Waals surface area contributed by atoms with Crippen LogP contribution in [-0.2, 0) is 30.3 Å². The van der Waals surface area contributed by atoms with Gasteiger partial charge in [0.2, 0.25) is 17.7 Å². The number of carbonyl (C=O) groups is 5. The molecular formula is C39H57N7O10. The number of rotatable bonds is 19. The zero-order valence-corrected chi connectivity index (χ0v) is 33.6. The van der Waals surface area contributed by atoms with E-state index < -0.39 is 58.5 Å². The van der Waals surface area contributed by atoms with Crippen LogP contribution < -0.4 is 36.3 Å². The molecule has 0 aliphatic carbocycles. The second kappa shape index (κ2) is 21.0. The maximum absolute atomic E-state index is 14.0. The summed E-state index contributed by atoms with van der Waals surface area (Å²) in [4.78, 5) is 78.7. The van der Waals surface area contributed by atoms with E-state index in [2.05, 4.69) is 26.8 Å². The van der Waals surface area contributed by atoms with Crippen molar-refractivity contribution in [3.8, 4) is 11.5 Å². The number of ether oxygens (including phenoxy) is 3. The van der Waals surface area contributed by atoms with Crippen LogP contribution in [0.4, 0.5) is 10.5 Å². The van der Waals surface area contributed by atoms with Gasteiger partial charge in [0.1, 0.15) is 23.7 Å². The number of nitro benzene ring substituents is 1. The molecule has 1 aliphatic heterocycles. The Labute approximate surface area is 328 Å². The van der Waals surface area contributed by atoms with E-state index in [1.807, 2.05) is 44.2 Å². The SMILES string of the molecule is CNC(=O)CCCOc1cc([N+](=O)[O-])c(C(C)NNC(=O)[C@H](CC(C)C)NC(=O)[C@H](Cc2ccccc2)NC(=O)[C@@H]2CCCN2C(=O)OC(C)(C)C)cc1OC. The molecule has 1 saturated heterocycles. The van der Waals surface area contributed by atoms with Crippen LogP contribution in [0.3, 0.4) is 0 Å². The van der Waals surface area contributed by atoms with Gasteiger partial charge in [0.15, 0.2) is 11.5 Å². The third-order valence-electron chi connectivity index (χ3n) is 8.91. The third-order valence-corrected chi connectivity index (χ3v) is 8.91. The molecular weight excluding hydrogens is 726 g/mol. The van der Waals surface area contributed by atoms with Crippen molar-refractivity contribution in [2.24, 2.45) is 5.92 Å². The first kappa shape index (κ1) is 44.9. The number of nitrogens with zero attached hydrogens (tertiary/aromatic N) is 2. The Morgan fingerprint density at radius 3 is 2.29 bits per heavy atom. The minimum Gasteiger partial charge on any atom is -0.493 e. The fourth-order valence-electron chi connectivity index (χ4n) is 6.11. The van der Waals surface area contributed by atoms with Gasteiger partial charge in [-0.05, 0) is 70.9 Å². The molecule has 3 rings (SSSR count). The lowest BCUT2D eigenvalue weighted by Gasteiger charge is -2.29. The molecule has 308 valence electrons. The van der Waals surface area contributed by atoms with Crippen molar-refractivity contribution in [1.82, 2.24) is 31.7 Å². The molecule has 5 amide bonds. The van der Waals surface area contributed by atoms with Crippen molar-refractivity contribution in [2.45, 2.75) is 110 Å². The van der Waals surface area contributed by atoms with E-state index in [0.29, 0.717) is 25.8 Å². The average molecular weight is 784 g/mol. The molecule has 0 spiro atoms. The lowest BCUT2D eigenvalue weighted by atomic mass is 10.0. The van der Waals surface area contributed by atoms with Gasteiger partial charge in [0, 0.05) is 26.4 Å². The maximum Gasteiger partial charge on any atom is 0.410 e. The van der Waals surface area contributed by atoms with E-state index in [1.54, 1.807) is 27.7 Å². The fraction of sp³-hybridized carbons (Fsp3) is 0.564. The lowest BCUT2D eigenvalue weighted by molar-refractivity contribution is -0.385. The molecule has 2 aromatic carbocycles. The Bertz CT molecular complexity index is 1680. The van der Waals surface area contributed by atoms with Crippen LogP contribution in [0.25, 0.3) is 0 Å². The number of hydrazine groups is 1. The summed E-state index contributed by atoms with van der Waals surface area (Å²) in [6, 6.07) is 7.95. The number of methoxy groups -OCH3 is 1. The zero-order valence-electron chi connectivity index (χ0n) is 33.6. The van der Waals surface area contributed by atoms with Gasteiger partial charge in [0.25, 0.3) is 11.6 Å². The van der Waals surface area contributed by atoms with Gasteiger partial charge in [-0.3, -0.25) is 39.6 Å². The molecule has 0 bridgehead atoms. The first-order valence-corrected chi connectivity index (χ1v) is 18.8. The Balaban J connectivity index is 1.77. The van der Waals surface area contributed by atoms with Crippen LogP contribution >= 0.6 is 0 Å². The summed E-state index contributed by atoms with van der Waals surface area (Å²) in [5, 5.41) is 20.3. The van der Waals surface area contributed by atoms with E-state index in [1.165, 1.54) is 31.2 Å². The number of nitro groups is 1. The van der Waals surface area contributed by atoms with E-state index in [0.717, 1.165) is 5.56 Å². The van der Waals surface area contributed by atoms with Gasteiger partial charge in [0.05, 0.1) is 36.3 Å². The van der Waals surface area contributed by atoms with E-state index in [9.17, 15) is 34.1 Å². The molecule has 5 N–H and O–H groups in total. The molecule has 0 saturated carbocycles. The summed E-state index contributed by atoms with van der Waals surface area (Å²) >= 11 is 0. The maximum atomic E-state index is 14.0. The number of likely N-dealkylation sites (tertiary alicyclic amines) is 1. The number of carbonyl (C=O) groups excluding carboxylic acids is 5. The van der Waals surface area contributed by atoms with Crippen LogP contribution in [0.1, 0.15) is 90.8 Å². The predicted molar refractivity (Wildman–Crippen MR) is 208 cm³/mol. The number of amides is 5. The Morgan fingerprint density at radius 1 is 0.982 bits per heavy atom.